The smallest absolute Gasteiger partial charge is 0.257 e. The number of hydrogen-bond acceptors (Lipinski definition) is 6. The van der Waals surface area contributed by atoms with Crippen molar-refractivity contribution in [1.82, 2.24) is 4.98 Å². The third kappa shape index (κ3) is 4.13. The van der Waals surface area contributed by atoms with Gasteiger partial charge in [-0.15, -0.1) is 0 Å². The number of furan rings is 1. The molecule has 2 N–H and O–H groups in total. The average Bonchev–Trinajstić information content (AvgIpc) is 3.20. The van der Waals surface area contributed by atoms with E-state index in [-0.39, 0.29) is 5.91 Å². The van der Waals surface area contributed by atoms with Crippen LogP contribution in [-0.4, -0.2) is 25.1 Å². The van der Waals surface area contributed by atoms with Crippen molar-refractivity contribution in [3.8, 4) is 11.5 Å². The molecule has 0 aliphatic carbocycles. The molecule has 7 heteroatoms. The maximum absolute atomic E-state index is 12.5. The molecule has 0 aliphatic rings. The van der Waals surface area contributed by atoms with E-state index in [4.69, 9.17) is 13.9 Å². The van der Waals surface area contributed by atoms with Gasteiger partial charge in [0.15, 0.2) is 0 Å². The summed E-state index contributed by atoms with van der Waals surface area (Å²) in [4.78, 5) is 16.6. The van der Waals surface area contributed by atoms with Gasteiger partial charge >= 0.3 is 0 Å². The van der Waals surface area contributed by atoms with Crippen LogP contribution in [0.2, 0.25) is 0 Å². The van der Waals surface area contributed by atoms with Crippen molar-refractivity contribution in [1.29, 1.82) is 0 Å². The molecule has 0 atom stereocenters. The van der Waals surface area contributed by atoms with Crippen LogP contribution < -0.4 is 20.1 Å². The lowest BCUT2D eigenvalue weighted by Gasteiger charge is -2.12. The number of amides is 1. The van der Waals surface area contributed by atoms with E-state index in [1.165, 1.54) is 13.3 Å². The molecule has 0 unspecified atom stereocenters. The summed E-state index contributed by atoms with van der Waals surface area (Å²) in [6.07, 6.45) is 4.76. The second kappa shape index (κ2) is 8.06. The quantitative estimate of drug-likeness (QED) is 0.675. The van der Waals surface area contributed by atoms with E-state index in [1.54, 1.807) is 43.8 Å². The molecule has 0 saturated heterocycles. The van der Waals surface area contributed by atoms with Crippen LogP contribution in [0.1, 0.15) is 16.1 Å². The molecule has 134 valence electrons. The summed E-state index contributed by atoms with van der Waals surface area (Å²) in [6, 6.07) is 10.6. The number of nitrogens with one attached hydrogen (secondary N) is 2. The second-order valence-corrected chi connectivity index (χ2v) is 5.42. The van der Waals surface area contributed by atoms with Crippen molar-refractivity contribution in [2.24, 2.45) is 0 Å². The number of carbonyl (C=O) groups excluding carboxylic acids is 1. The normalized spacial score (nSPS) is 10.2. The summed E-state index contributed by atoms with van der Waals surface area (Å²) in [5, 5.41) is 5.99. The highest BCUT2D eigenvalue weighted by molar-refractivity contribution is 6.05. The van der Waals surface area contributed by atoms with Gasteiger partial charge in [0.2, 0.25) is 0 Å². The Morgan fingerprint density at radius 3 is 2.77 bits per heavy atom. The lowest BCUT2D eigenvalue weighted by Crippen LogP contribution is -2.13. The van der Waals surface area contributed by atoms with Crippen LogP contribution in [0, 0.1) is 0 Å². The third-order valence-corrected chi connectivity index (χ3v) is 3.70. The van der Waals surface area contributed by atoms with E-state index in [9.17, 15) is 4.79 Å². The topological polar surface area (TPSA) is 85.6 Å². The molecule has 1 aromatic carbocycles. The average molecular weight is 353 g/mol. The van der Waals surface area contributed by atoms with Crippen LogP contribution in [0.4, 0.5) is 11.4 Å². The number of hydrogen-bond donors (Lipinski definition) is 2. The number of nitrogens with zero attached hydrogens (tertiary/aromatic N) is 1. The lowest BCUT2D eigenvalue weighted by molar-refractivity contribution is 0.102. The van der Waals surface area contributed by atoms with Crippen LogP contribution in [0.25, 0.3) is 0 Å². The summed E-state index contributed by atoms with van der Waals surface area (Å²) >= 11 is 0. The zero-order valence-corrected chi connectivity index (χ0v) is 14.5. The first-order valence-corrected chi connectivity index (χ1v) is 7.94. The highest BCUT2D eigenvalue weighted by Crippen LogP contribution is 2.29. The molecule has 0 bridgehead atoms. The molecule has 0 aliphatic heterocycles. The minimum Gasteiger partial charge on any atom is -0.497 e. The van der Waals surface area contributed by atoms with E-state index in [0.29, 0.717) is 29.3 Å². The summed E-state index contributed by atoms with van der Waals surface area (Å²) in [7, 11) is 3.10. The third-order valence-electron chi connectivity index (χ3n) is 3.70. The molecule has 26 heavy (non-hydrogen) atoms. The van der Waals surface area contributed by atoms with Crippen molar-refractivity contribution in [3.63, 3.8) is 0 Å². The van der Waals surface area contributed by atoms with Crippen molar-refractivity contribution in [2.75, 3.05) is 24.9 Å². The van der Waals surface area contributed by atoms with Crippen LogP contribution in [0.5, 0.6) is 11.5 Å². The molecule has 1 amide bonds. The number of ether oxygens (including phenoxy) is 2. The molecule has 3 rings (SSSR count). The van der Waals surface area contributed by atoms with Crippen LogP contribution >= 0.6 is 0 Å². The Bertz CT molecular complexity index is 878. The van der Waals surface area contributed by atoms with Crippen molar-refractivity contribution >= 4 is 17.3 Å². The van der Waals surface area contributed by atoms with E-state index in [2.05, 4.69) is 15.6 Å². The summed E-state index contributed by atoms with van der Waals surface area (Å²) < 4.78 is 15.7. The summed E-state index contributed by atoms with van der Waals surface area (Å²) in [5.41, 5.74) is 1.69. The Morgan fingerprint density at radius 2 is 2.04 bits per heavy atom. The van der Waals surface area contributed by atoms with Gasteiger partial charge in [-0.05, 0) is 30.3 Å². The molecule has 3 aromatic rings. The van der Waals surface area contributed by atoms with Gasteiger partial charge in [-0.1, -0.05) is 0 Å². The number of carbonyl (C=O) groups is 1. The fourth-order valence-corrected chi connectivity index (χ4v) is 2.36. The second-order valence-electron chi connectivity index (χ2n) is 5.42. The molecule has 7 nitrogen and oxygen atoms in total. The van der Waals surface area contributed by atoms with E-state index >= 15 is 0 Å². The Labute approximate surface area is 151 Å². The molecule has 0 fully saturated rings. The van der Waals surface area contributed by atoms with Gasteiger partial charge in [0.25, 0.3) is 5.91 Å². The molecule has 0 spiro atoms. The SMILES string of the molecule is COc1ccc(NC(=O)c2cncc(NCc3ccco3)c2)c(OC)c1. The lowest BCUT2D eigenvalue weighted by atomic mass is 10.2. The fourth-order valence-electron chi connectivity index (χ4n) is 2.36. The summed E-state index contributed by atoms with van der Waals surface area (Å²) in [6.45, 7) is 0.506. The zero-order valence-electron chi connectivity index (χ0n) is 14.5. The largest absolute Gasteiger partial charge is 0.497 e. The molecule has 0 saturated carbocycles. The minimum atomic E-state index is -0.289. The van der Waals surface area contributed by atoms with Crippen molar-refractivity contribution < 1.29 is 18.7 Å². The Kier molecular flexibility index (Phi) is 5.38. The van der Waals surface area contributed by atoms with Crippen LogP contribution in [-0.2, 0) is 6.54 Å². The van der Waals surface area contributed by atoms with Gasteiger partial charge in [-0.3, -0.25) is 9.78 Å². The predicted molar refractivity (Wildman–Crippen MR) is 97.8 cm³/mol. The Morgan fingerprint density at radius 1 is 1.15 bits per heavy atom. The molecule has 2 aromatic heterocycles. The number of aromatic nitrogens is 1. The van der Waals surface area contributed by atoms with Crippen molar-refractivity contribution in [3.05, 3.63) is 66.4 Å². The first kappa shape index (κ1) is 17.3. The van der Waals surface area contributed by atoms with E-state index in [1.807, 2.05) is 12.1 Å². The maximum Gasteiger partial charge on any atom is 0.257 e. The molecular formula is C19H19N3O4. The van der Waals surface area contributed by atoms with E-state index in [0.717, 1.165) is 11.4 Å². The highest BCUT2D eigenvalue weighted by atomic mass is 16.5. The van der Waals surface area contributed by atoms with Gasteiger partial charge < -0.3 is 24.5 Å². The van der Waals surface area contributed by atoms with Gasteiger partial charge in [0.1, 0.15) is 17.3 Å². The molecule has 2 heterocycles. The Hall–Kier alpha value is -3.48. The first-order chi connectivity index (χ1) is 12.7. The zero-order chi connectivity index (χ0) is 18.4. The monoisotopic (exact) mass is 353 g/mol. The van der Waals surface area contributed by atoms with Crippen molar-refractivity contribution in [2.45, 2.75) is 6.54 Å². The number of rotatable bonds is 7. The number of methoxy groups -OCH3 is 2. The molecule has 0 radical (unpaired) electrons. The highest BCUT2D eigenvalue weighted by Gasteiger charge is 2.12. The van der Waals surface area contributed by atoms with Gasteiger partial charge in [-0.25, -0.2) is 0 Å². The van der Waals surface area contributed by atoms with Crippen LogP contribution in [0.15, 0.2) is 59.5 Å². The first-order valence-electron chi connectivity index (χ1n) is 7.94. The van der Waals surface area contributed by atoms with Gasteiger partial charge in [-0.2, -0.15) is 0 Å². The Balaban J connectivity index is 1.71. The van der Waals surface area contributed by atoms with Gasteiger partial charge in [0.05, 0.1) is 44.0 Å². The maximum atomic E-state index is 12.5. The minimum absolute atomic E-state index is 0.289. The van der Waals surface area contributed by atoms with Gasteiger partial charge in [0, 0.05) is 18.5 Å². The molecular weight excluding hydrogens is 334 g/mol. The number of pyridine rings is 1. The predicted octanol–water partition coefficient (Wildman–Crippen LogP) is 3.56. The fraction of sp³-hybridized carbons (Fsp3) is 0.158. The van der Waals surface area contributed by atoms with E-state index < -0.39 is 0 Å². The standard InChI is InChI=1S/C19H19N3O4/c1-24-15-5-6-17(18(9-15)25-2)22-19(23)13-8-14(11-20-10-13)21-12-16-4-3-7-26-16/h3-11,21H,12H2,1-2H3,(H,22,23). The number of benzene rings is 1. The van der Waals surface area contributed by atoms with Crippen LogP contribution in [0.3, 0.4) is 0 Å². The summed E-state index contributed by atoms with van der Waals surface area (Å²) in [5.74, 6) is 1.66. The number of anilines is 2.